The first-order valence-electron chi connectivity index (χ1n) is 19.9. The minimum Gasteiger partial charge on any atom is -0.329 e. The molecule has 0 unspecified atom stereocenters. The quantitative estimate of drug-likeness (QED) is 0.0286. The topological polar surface area (TPSA) is 122 Å². The standard InChI is InChI=1S/C36H81N6O3P/c1-3-5-7-9-11-13-15-17-19-21-23-35-44-46(43,45-36-24-22-20-18-16-14-12-10-8-6-4-2)42-34-33-41-32-31-40-30-29-39-28-27-38-26-25-37/h38-41H,3-37H2,1-2H3,(H,42,43). The van der Waals surface area contributed by atoms with Crippen LogP contribution in [0.2, 0.25) is 0 Å². The van der Waals surface area contributed by atoms with Crippen LogP contribution in [-0.2, 0) is 13.6 Å². The van der Waals surface area contributed by atoms with Crippen LogP contribution in [-0.4, -0.2) is 78.7 Å². The van der Waals surface area contributed by atoms with Gasteiger partial charge in [0.25, 0.3) is 0 Å². The molecule has 46 heavy (non-hydrogen) atoms. The van der Waals surface area contributed by atoms with E-state index in [0.717, 1.165) is 78.0 Å². The summed E-state index contributed by atoms with van der Waals surface area (Å²) in [5, 5.41) is 16.7. The minimum atomic E-state index is -3.29. The number of rotatable bonds is 41. The first kappa shape index (κ1) is 45.9. The molecule has 0 rings (SSSR count). The maximum absolute atomic E-state index is 13.5. The molecule has 0 aliphatic rings. The van der Waals surface area contributed by atoms with Gasteiger partial charge in [-0.05, 0) is 12.8 Å². The third-order valence-corrected chi connectivity index (χ3v) is 10.0. The maximum atomic E-state index is 13.5. The van der Waals surface area contributed by atoms with Crippen LogP contribution in [0.5, 0.6) is 0 Å². The molecule has 0 spiro atoms. The molecule has 0 aliphatic heterocycles. The van der Waals surface area contributed by atoms with E-state index in [1.807, 2.05) is 0 Å². The monoisotopic (exact) mass is 677 g/mol. The second-order valence-electron chi connectivity index (χ2n) is 12.9. The Kier molecular flexibility index (Phi) is 39.3. The smallest absolute Gasteiger partial charge is 0.329 e. The van der Waals surface area contributed by atoms with Gasteiger partial charge >= 0.3 is 7.75 Å². The number of nitrogens with two attached hydrogens (primary N) is 1. The highest BCUT2D eigenvalue weighted by molar-refractivity contribution is 7.51. The van der Waals surface area contributed by atoms with E-state index in [1.165, 1.54) is 116 Å². The van der Waals surface area contributed by atoms with E-state index in [-0.39, 0.29) is 0 Å². The van der Waals surface area contributed by atoms with Gasteiger partial charge in [0.1, 0.15) is 0 Å². The highest BCUT2D eigenvalue weighted by atomic mass is 31.2. The van der Waals surface area contributed by atoms with E-state index in [4.69, 9.17) is 14.8 Å². The molecule has 0 heterocycles. The zero-order valence-electron chi connectivity index (χ0n) is 30.8. The summed E-state index contributed by atoms with van der Waals surface area (Å²) in [6.45, 7) is 13.9. The molecule has 0 aromatic carbocycles. The van der Waals surface area contributed by atoms with Crippen LogP contribution in [0.3, 0.4) is 0 Å². The molecule has 0 radical (unpaired) electrons. The van der Waals surface area contributed by atoms with Gasteiger partial charge in [-0.2, -0.15) is 0 Å². The third-order valence-electron chi connectivity index (χ3n) is 8.38. The van der Waals surface area contributed by atoms with E-state index in [9.17, 15) is 4.57 Å². The van der Waals surface area contributed by atoms with Gasteiger partial charge in [0.2, 0.25) is 0 Å². The zero-order valence-corrected chi connectivity index (χ0v) is 31.7. The SMILES string of the molecule is CCCCCCCCCCCCCOP(=O)(NCCNCCNCCNCCNCCN)OCCCCCCCCCCCCC. The number of nitrogens with one attached hydrogen (secondary N) is 5. The van der Waals surface area contributed by atoms with Crippen LogP contribution in [0.25, 0.3) is 0 Å². The van der Waals surface area contributed by atoms with Gasteiger partial charge in [0.15, 0.2) is 0 Å². The van der Waals surface area contributed by atoms with E-state index < -0.39 is 7.75 Å². The molecule has 7 N–H and O–H groups in total. The molecule has 0 fully saturated rings. The Balaban J connectivity index is 4.07. The Morgan fingerprint density at radius 1 is 0.413 bits per heavy atom. The van der Waals surface area contributed by atoms with Crippen LogP contribution in [0, 0.1) is 0 Å². The molecular weight excluding hydrogens is 595 g/mol. The van der Waals surface area contributed by atoms with Crippen molar-refractivity contribution in [3.63, 3.8) is 0 Å². The number of hydrogen-bond donors (Lipinski definition) is 6. The summed E-state index contributed by atoms with van der Waals surface area (Å²) >= 11 is 0. The molecule has 0 bridgehead atoms. The molecule has 0 aromatic heterocycles. The lowest BCUT2D eigenvalue weighted by molar-refractivity contribution is 0.189. The molecule has 9 nitrogen and oxygen atoms in total. The molecular formula is C36H81N6O3P. The second-order valence-corrected chi connectivity index (χ2v) is 14.8. The van der Waals surface area contributed by atoms with Crippen molar-refractivity contribution in [2.45, 2.75) is 155 Å². The van der Waals surface area contributed by atoms with Crippen LogP contribution in [0.15, 0.2) is 0 Å². The van der Waals surface area contributed by atoms with Gasteiger partial charge in [0.05, 0.1) is 13.2 Å². The van der Waals surface area contributed by atoms with Crippen LogP contribution < -0.4 is 32.1 Å². The van der Waals surface area contributed by atoms with Crippen molar-refractivity contribution >= 4 is 7.75 Å². The molecule has 0 aromatic rings. The van der Waals surface area contributed by atoms with Crippen molar-refractivity contribution in [3.05, 3.63) is 0 Å². The Hall–Kier alpha value is -0.0900. The van der Waals surface area contributed by atoms with Crippen molar-refractivity contribution in [2.75, 3.05) is 78.7 Å². The molecule has 0 saturated heterocycles. The highest BCUT2D eigenvalue weighted by Gasteiger charge is 2.23. The minimum absolute atomic E-state index is 0.494. The summed E-state index contributed by atoms with van der Waals surface area (Å²) < 4.78 is 25.3. The Bertz CT molecular complexity index is 588. The molecule has 0 atom stereocenters. The van der Waals surface area contributed by atoms with E-state index >= 15 is 0 Å². The summed E-state index contributed by atoms with van der Waals surface area (Å²) in [6.07, 6.45) is 28.3. The largest absolute Gasteiger partial charge is 0.405 e. The van der Waals surface area contributed by atoms with Gasteiger partial charge in [-0.25, -0.2) is 9.65 Å². The van der Waals surface area contributed by atoms with Gasteiger partial charge in [-0.1, -0.05) is 142 Å². The lowest BCUT2D eigenvalue weighted by Gasteiger charge is -2.20. The third kappa shape index (κ3) is 36.7. The highest BCUT2D eigenvalue weighted by Crippen LogP contribution is 2.43. The molecule has 10 heteroatoms. The first-order chi connectivity index (χ1) is 22.7. The average Bonchev–Trinajstić information content (AvgIpc) is 3.06. The van der Waals surface area contributed by atoms with Crippen molar-refractivity contribution in [1.29, 1.82) is 0 Å². The van der Waals surface area contributed by atoms with Crippen LogP contribution in [0.4, 0.5) is 0 Å². The fourth-order valence-electron chi connectivity index (χ4n) is 5.44. The van der Waals surface area contributed by atoms with Crippen LogP contribution >= 0.6 is 7.75 Å². The molecule has 0 aliphatic carbocycles. The predicted octanol–water partition coefficient (Wildman–Crippen LogP) is 7.66. The zero-order chi connectivity index (χ0) is 33.5. The molecule has 278 valence electrons. The lowest BCUT2D eigenvalue weighted by atomic mass is 10.1. The van der Waals surface area contributed by atoms with Crippen LogP contribution in [0.1, 0.15) is 155 Å². The van der Waals surface area contributed by atoms with E-state index in [0.29, 0.717) is 26.3 Å². The lowest BCUT2D eigenvalue weighted by Crippen LogP contribution is -2.36. The Morgan fingerprint density at radius 3 is 1.02 bits per heavy atom. The predicted molar refractivity (Wildman–Crippen MR) is 201 cm³/mol. The summed E-state index contributed by atoms with van der Waals surface area (Å²) in [7, 11) is -3.29. The molecule has 0 saturated carbocycles. The number of hydrogen-bond acceptors (Lipinski definition) is 8. The Labute approximate surface area is 286 Å². The van der Waals surface area contributed by atoms with Crippen molar-refractivity contribution in [2.24, 2.45) is 5.73 Å². The fraction of sp³-hybridized carbons (Fsp3) is 1.00. The van der Waals surface area contributed by atoms with E-state index in [1.54, 1.807) is 0 Å². The van der Waals surface area contributed by atoms with Gasteiger partial charge in [-0.3, -0.25) is 9.05 Å². The van der Waals surface area contributed by atoms with Gasteiger partial charge in [0, 0.05) is 65.4 Å². The maximum Gasteiger partial charge on any atom is 0.405 e. The summed E-state index contributed by atoms with van der Waals surface area (Å²) in [5.41, 5.74) is 5.47. The van der Waals surface area contributed by atoms with Gasteiger partial charge < -0.3 is 27.0 Å². The van der Waals surface area contributed by atoms with Crippen molar-refractivity contribution in [1.82, 2.24) is 26.4 Å². The summed E-state index contributed by atoms with van der Waals surface area (Å²) in [6, 6.07) is 0. The second kappa shape index (κ2) is 39.3. The fourth-order valence-corrected chi connectivity index (χ4v) is 6.83. The van der Waals surface area contributed by atoms with Crippen molar-refractivity contribution in [3.8, 4) is 0 Å². The molecule has 0 amide bonds. The van der Waals surface area contributed by atoms with E-state index in [2.05, 4.69) is 40.2 Å². The normalized spacial score (nSPS) is 12.0. The average molecular weight is 677 g/mol. The van der Waals surface area contributed by atoms with Gasteiger partial charge in [-0.15, -0.1) is 0 Å². The first-order valence-corrected chi connectivity index (χ1v) is 21.4. The summed E-state index contributed by atoms with van der Waals surface area (Å²) in [4.78, 5) is 0. The van der Waals surface area contributed by atoms with Crippen molar-refractivity contribution < 1.29 is 13.6 Å². The summed E-state index contributed by atoms with van der Waals surface area (Å²) in [5.74, 6) is 0. The Morgan fingerprint density at radius 2 is 0.696 bits per heavy atom. The number of unbranched alkanes of at least 4 members (excludes halogenated alkanes) is 20.